The van der Waals surface area contributed by atoms with Gasteiger partial charge in [0.2, 0.25) is 52.9 Å². The van der Waals surface area contributed by atoms with Gasteiger partial charge in [0, 0.05) is 29.2 Å². The Labute approximate surface area is 527 Å². The van der Waals surface area contributed by atoms with Crippen LogP contribution in [0.4, 0.5) is 0 Å². The number of hydrogen-bond donors (Lipinski definition) is 17. The third-order valence-corrected chi connectivity index (χ3v) is 16.5. The molecule has 0 saturated carbocycles. The highest BCUT2D eigenvalue weighted by molar-refractivity contribution is 6.32. The summed E-state index contributed by atoms with van der Waals surface area (Å²) < 4.78 is 24.9. The summed E-state index contributed by atoms with van der Waals surface area (Å²) in [6, 6.07) is 0.287. The molecule has 91 heavy (non-hydrogen) atoms. The third-order valence-electron chi connectivity index (χ3n) is 16.0. The Kier molecular flexibility index (Phi) is 19.0. The molecule has 0 unspecified atom stereocenters. The number of halogens is 2. The molecule has 31 heteroatoms. The fourth-order valence-corrected chi connectivity index (χ4v) is 11.5. The number of ether oxygens (including phenoxy) is 4. The molecule has 19 N–H and O–H groups in total. The van der Waals surface area contributed by atoms with Gasteiger partial charge in [0.25, 0.3) is 0 Å². The van der Waals surface area contributed by atoms with E-state index < -0.39 is 190 Å². The van der Waals surface area contributed by atoms with Gasteiger partial charge in [0.1, 0.15) is 77.3 Å². The van der Waals surface area contributed by atoms with Crippen LogP contribution in [0.15, 0.2) is 78.9 Å². The summed E-state index contributed by atoms with van der Waals surface area (Å²) in [6.07, 6.45) is -8.35. The van der Waals surface area contributed by atoms with E-state index in [1.807, 2.05) is 13.8 Å². The van der Waals surface area contributed by atoms with Crippen LogP contribution in [-0.2, 0) is 47.8 Å². The van der Waals surface area contributed by atoms with Crippen molar-refractivity contribution in [3.8, 4) is 57.1 Å². The number of benzene rings is 5. The molecule has 11 rings (SSSR count). The second kappa shape index (κ2) is 26.1. The Morgan fingerprint density at radius 3 is 1.92 bits per heavy atom. The van der Waals surface area contributed by atoms with Gasteiger partial charge < -0.3 is 108 Å². The van der Waals surface area contributed by atoms with E-state index in [0.29, 0.717) is 0 Å². The van der Waals surface area contributed by atoms with E-state index in [9.17, 15) is 60.0 Å². The average Bonchev–Trinajstić information content (AvgIpc) is 0.828. The molecule has 0 aliphatic carbocycles. The molecule has 0 radical (unpaired) electrons. The van der Waals surface area contributed by atoms with Gasteiger partial charge >= 0.3 is 5.97 Å². The zero-order chi connectivity index (χ0) is 66.5. The van der Waals surface area contributed by atoms with E-state index >= 15 is 19.2 Å². The first kappa shape index (κ1) is 66.4. The first-order valence-corrected chi connectivity index (χ1v) is 29.0. The SMILES string of the molecule is CN[C@H](CC(C)C)C(=O)N[C@H]1C(=O)N[C@@H](CC(N)=O)C(=O)N[C@H]2C(=O)N[C@H]3C(=O)N[C@H](C(=O)N[C@H](C(=O)O)c4cc(O)cc(O)c4-c4cc3ccc4O)[C@H](O[C@H]3C[C@](C)(N)C(O)(O)[C@H](C)O3)c3ccc(c(Cl)c3)Oc3cc2cc(c3O)Oc2ccc(cc2Cl)[C@H]1O. The Hall–Kier alpha value is -9.04. The van der Waals surface area contributed by atoms with Crippen molar-refractivity contribution < 1.29 is 98.2 Å². The molecule has 1 saturated heterocycles. The highest BCUT2D eigenvalue weighted by Gasteiger charge is 2.55. The summed E-state index contributed by atoms with van der Waals surface area (Å²) in [5.41, 5.74) is 7.74. The number of likely N-dealkylation sites (N-methyl/N-ethyl adjacent to an activating group) is 1. The molecule has 6 aliphatic rings. The standard InChI is InChI=1S/C60H65Cl2N9O20/c1-22(2)12-33(65-5)52(78)70-47-49(76)25-7-10-37(31(61)14-25)89-39-16-27-17-40(50(39)77)90-38-11-8-26(15-32(38)62)51(91-42-21-59(4,64)60(86,87)23(3)88-42)48-57(83)69-46(58(84)85)30-18-28(72)19-36(74)43(30)29-13-24(6-9-35(29)73)44(54(80)71-48)68-55(81)45(27)67-53(79)34(20-41(63)75)66-56(47)82/h6-11,13-19,22-23,33-34,42,44-49,51,65,72-74,76-77,86-87H,12,20-21,64H2,1-5H3,(H2,63,75)(H,66,82)(H,67,79)(H,68,81)(H,69,83)(H,70,78)(H,71,80)(H,84,85)/t23-,33+,34-,42-,44+,45+,46-,47+,48-,49+,51+,59-/m0/s1. The predicted octanol–water partition coefficient (Wildman–Crippen LogP) is 1.95. The molecular formula is C60H65Cl2N9O20. The Balaban J connectivity index is 1.29. The second-order valence-electron chi connectivity index (χ2n) is 23.1. The smallest absolute Gasteiger partial charge is 0.330 e. The number of aliphatic hydroxyl groups excluding tert-OH is 1. The van der Waals surface area contributed by atoms with Crippen LogP contribution in [0, 0.1) is 5.92 Å². The van der Waals surface area contributed by atoms with Gasteiger partial charge in [-0.15, -0.1) is 0 Å². The molecule has 29 nitrogen and oxygen atoms in total. The normalized spacial score (nSPS) is 26.0. The monoisotopic (exact) mass is 1300 g/mol. The van der Waals surface area contributed by atoms with E-state index in [4.69, 9.17) is 53.6 Å². The van der Waals surface area contributed by atoms with Gasteiger partial charge in [-0.2, -0.15) is 0 Å². The number of phenolic OH excluding ortho intramolecular Hbond substituents is 4. The molecule has 5 aromatic carbocycles. The molecule has 6 aliphatic heterocycles. The topological polar surface area (TPSA) is 472 Å². The van der Waals surface area contributed by atoms with Gasteiger partial charge in [-0.3, -0.25) is 33.6 Å². The number of aliphatic carboxylic acids is 1. The zero-order valence-corrected chi connectivity index (χ0v) is 50.5. The van der Waals surface area contributed by atoms with Crippen LogP contribution in [0.25, 0.3) is 11.1 Å². The highest BCUT2D eigenvalue weighted by Crippen LogP contribution is 2.48. The summed E-state index contributed by atoms with van der Waals surface area (Å²) >= 11 is 13.8. The summed E-state index contributed by atoms with van der Waals surface area (Å²) in [6.45, 7) is 6.17. The number of amides is 7. The Morgan fingerprint density at radius 2 is 1.33 bits per heavy atom. The van der Waals surface area contributed by atoms with E-state index in [1.54, 1.807) is 0 Å². The number of carbonyl (C=O) groups excluding carboxylic acids is 7. The molecule has 6 heterocycles. The summed E-state index contributed by atoms with van der Waals surface area (Å²) in [5.74, 6) is -18.1. The minimum absolute atomic E-state index is 0.0552. The molecule has 1 fully saturated rings. The Morgan fingerprint density at radius 1 is 0.736 bits per heavy atom. The number of carboxylic acid groups (broad SMARTS) is 1. The lowest BCUT2D eigenvalue weighted by Crippen LogP contribution is -2.69. The van der Waals surface area contributed by atoms with Crippen molar-refractivity contribution in [2.75, 3.05) is 7.05 Å². The number of rotatable bonds is 10. The zero-order valence-electron chi connectivity index (χ0n) is 48.9. The number of nitrogens with two attached hydrogens (primary N) is 2. The molecule has 11 bridgehead atoms. The fraction of sp³-hybridized carbons (Fsp3) is 0.367. The van der Waals surface area contributed by atoms with Gasteiger partial charge in [0.05, 0.1) is 28.0 Å². The quantitative estimate of drug-likeness (QED) is 0.0889. The number of primary amides is 1. The van der Waals surface area contributed by atoms with Gasteiger partial charge in [-0.25, -0.2) is 4.79 Å². The number of phenols is 4. The van der Waals surface area contributed by atoms with Crippen LogP contribution in [0.3, 0.4) is 0 Å². The van der Waals surface area contributed by atoms with Crippen molar-refractivity contribution >= 4 is 70.5 Å². The first-order chi connectivity index (χ1) is 42.8. The molecular weight excluding hydrogens is 1240 g/mol. The van der Waals surface area contributed by atoms with Crippen LogP contribution < -0.4 is 58.2 Å². The number of aliphatic hydroxyl groups is 3. The van der Waals surface area contributed by atoms with Crippen molar-refractivity contribution in [2.24, 2.45) is 17.4 Å². The lowest BCUT2D eigenvalue weighted by molar-refractivity contribution is -0.347. The van der Waals surface area contributed by atoms with Crippen molar-refractivity contribution in [1.29, 1.82) is 0 Å². The van der Waals surface area contributed by atoms with Gasteiger partial charge in [0.15, 0.2) is 23.8 Å². The van der Waals surface area contributed by atoms with Crippen LogP contribution >= 0.6 is 23.2 Å². The van der Waals surface area contributed by atoms with Crippen molar-refractivity contribution in [2.45, 2.75) is 125 Å². The molecule has 7 amide bonds. The first-order valence-electron chi connectivity index (χ1n) is 28.2. The van der Waals surface area contributed by atoms with Crippen molar-refractivity contribution in [3.05, 3.63) is 117 Å². The Bertz CT molecular complexity index is 3780. The van der Waals surface area contributed by atoms with Gasteiger partial charge in [-0.1, -0.05) is 55.2 Å². The summed E-state index contributed by atoms with van der Waals surface area (Å²) in [7, 11) is 1.49. The number of carboxylic acids is 1. The molecule has 5 aromatic rings. The average molecular weight is 1300 g/mol. The fourth-order valence-electron chi connectivity index (χ4n) is 11.1. The molecule has 484 valence electrons. The van der Waals surface area contributed by atoms with Crippen LogP contribution in [-0.4, -0.2) is 143 Å². The second-order valence-corrected chi connectivity index (χ2v) is 23.9. The summed E-state index contributed by atoms with van der Waals surface area (Å²) in [5, 5.41) is 108. The van der Waals surface area contributed by atoms with E-state index in [0.717, 1.165) is 42.5 Å². The lowest BCUT2D eigenvalue weighted by Gasteiger charge is -2.49. The number of nitrogens with one attached hydrogen (secondary N) is 7. The number of aromatic hydroxyl groups is 4. The molecule has 0 spiro atoms. The number of fused-ring (bicyclic) bond motifs is 15. The molecule has 12 atom stereocenters. The van der Waals surface area contributed by atoms with E-state index in [2.05, 4.69) is 37.2 Å². The van der Waals surface area contributed by atoms with Gasteiger partial charge in [-0.05, 0) is 110 Å². The van der Waals surface area contributed by atoms with E-state index in [1.165, 1.54) is 57.3 Å². The minimum atomic E-state index is -2.69. The van der Waals surface area contributed by atoms with Crippen LogP contribution in [0.1, 0.15) is 105 Å². The highest BCUT2D eigenvalue weighted by atomic mass is 35.5. The maximum Gasteiger partial charge on any atom is 0.330 e. The van der Waals surface area contributed by atoms with Crippen LogP contribution in [0.5, 0.6) is 46.0 Å². The maximum absolute atomic E-state index is 15.7. The lowest BCUT2D eigenvalue weighted by atomic mass is 9.82. The predicted molar refractivity (Wildman–Crippen MR) is 318 cm³/mol. The molecule has 0 aromatic heterocycles. The number of hydrogen-bond acceptors (Lipinski definition) is 21. The third kappa shape index (κ3) is 13.7. The van der Waals surface area contributed by atoms with Crippen molar-refractivity contribution in [3.63, 3.8) is 0 Å². The van der Waals surface area contributed by atoms with E-state index in [-0.39, 0.29) is 56.1 Å². The summed E-state index contributed by atoms with van der Waals surface area (Å²) in [4.78, 5) is 117. The van der Waals surface area contributed by atoms with Crippen molar-refractivity contribution in [1.82, 2.24) is 37.2 Å². The number of carbonyl (C=O) groups is 8. The minimum Gasteiger partial charge on any atom is -0.508 e. The maximum atomic E-state index is 15.7. The largest absolute Gasteiger partial charge is 0.508 e. The van der Waals surface area contributed by atoms with Crippen LogP contribution in [0.2, 0.25) is 10.0 Å².